The summed E-state index contributed by atoms with van der Waals surface area (Å²) < 4.78 is 73.3. The molecule has 9 heterocycles. The summed E-state index contributed by atoms with van der Waals surface area (Å²) in [6.45, 7) is 9.16. The van der Waals surface area contributed by atoms with Gasteiger partial charge in [0.1, 0.15) is 59.1 Å². The maximum absolute atomic E-state index is 13.1. The van der Waals surface area contributed by atoms with Gasteiger partial charge in [-0.3, -0.25) is 14.4 Å². The Morgan fingerprint density at radius 3 is 1.13 bits per heavy atom. The predicted octanol–water partition coefficient (Wildman–Crippen LogP) is 16.3. The van der Waals surface area contributed by atoms with Gasteiger partial charge in [0.25, 0.3) is 24.1 Å². The zero-order chi connectivity index (χ0) is 78.3. The molecular formula is C80H68F5N21O5. The van der Waals surface area contributed by atoms with E-state index in [1.165, 1.54) is 49.3 Å². The number of aromatic nitrogens is 15. The number of nitrogens with one attached hydrogen (secondary N) is 6. The van der Waals surface area contributed by atoms with Crippen LogP contribution in [-0.4, -0.2) is 103 Å². The Bertz CT molecular complexity index is 5960. The number of fused-ring (bicyclic) bond motifs is 3. The molecule has 0 aliphatic rings. The SMILES string of the molecule is Cc1ccc(C(=O)Nc2cccc(C(C)(C)O)c2)cc1Nc1nc(-c2cncnc2)nc2c1ccn2C.Cc1ccc(C(=O)Nc2cccc(C(F)F)c2)cc1Nc1nc(-c2cncnc2)nc2c1ccn2C.Cc1ccc(C(=O)Nc2cccc(OC(F)(F)F)c2)cc1Nc1nc(-c2cncnc2)nc2c1ccn2C. The van der Waals surface area contributed by atoms with Crippen molar-refractivity contribution in [2.24, 2.45) is 21.1 Å². The minimum atomic E-state index is -4.83. The van der Waals surface area contributed by atoms with E-state index in [-0.39, 0.29) is 22.7 Å². The number of carbonyl (C=O) groups excluding carboxylic acids is 3. The minimum absolute atomic E-state index is 0.156. The van der Waals surface area contributed by atoms with Crippen LogP contribution in [0.3, 0.4) is 0 Å². The standard InChI is InChI=1S/C28H27N7O2.C26H20F3N7O2.C26H21F2N7O/c1-17-8-9-18(27(36)31-21-7-5-6-20(13-21)28(2,3)37)12-23(17)32-25-22-10-11-35(4)26(22)34-24(33-25)19-14-29-16-30-15-19;1-15-6-7-16(25(37)32-18-4-3-5-19(11-18)38-26(27,28)29)10-21(15)33-23-20-8-9-36(2)24(20)35-22(34-23)17-12-30-14-31-13-17;1-15-6-7-17(26(36)31-19-5-3-4-16(10-19)22(27)28)11-21(15)32-24-20-8-9-35(2)25(20)34-23(33-24)18-12-29-14-30-13-18/h5-16,37H,1-4H3,(H,31,36)(H,32,33,34);3-14H,1-2H3,(H,32,37)(H,33,34,35);3-14,22H,1-2H3,(H,31,36)(H,32,33,34). The maximum atomic E-state index is 13.1. The van der Waals surface area contributed by atoms with Crippen molar-refractivity contribution >= 4 is 102 Å². The first kappa shape index (κ1) is 74.9. The van der Waals surface area contributed by atoms with Crippen LogP contribution in [-0.2, 0) is 26.7 Å². The predicted molar refractivity (Wildman–Crippen MR) is 412 cm³/mol. The smallest absolute Gasteiger partial charge is 0.406 e. The fraction of sp³-hybridized carbons (Fsp3) is 0.138. The lowest BCUT2D eigenvalue weighted by Crippen LogP contribution is -2.17. The van der Waals surface area contributed by atoms with Gasteiger partial charge in [-0.25, -0.2) is 68.6 Å². The monoisotopic (exact) mass is 1500 g/mol. The van der Waals surface area contributed by atoms with Crippen LogP contribution in [0.15, 0.2) is 220 Å². The molecule has 558 valence electrons. The van der Waals surface area contributed by atoms with Crippen molar-refractivity contribution in [1.29, 1.82) is 0 Å². The lowest BCUT2D eigenvalue weighted by atomic mass is 9.98. The molecule has 0 atom stereocenters. The van der Waals surface area contributed by atoms with Crippen LogP contribution in [0.25, 0.3) is 67.3 Å². The van der Waals surface area contributed by atoms with Crippen LogP contribution in [0.1, 0.15) is 79.2 Å². The third-order valence-electron chi connectivity index (χ3n) is 17.4. The van der Waals surface area contributed by atoms with Crippen molar-refractivity contribution in [2.45, 2.75) is 53.0 Å². The summed E-state index contributed by atoms with van der Waals surface area (Å²) in [5, 5.41) is 31.0. The molecule has 26 nitrogen and oxygen atoms in total. The van der Waals surface area contributed by atoms with Gasteiger partial charge in [-0.05, 0) is 148 Å². The van der Waals surface area contributed by atoms with Crippen LogP contribution in [0.4, 0.5) is 73.5 Å². The van der Waals surface area contributed by atoms with E-state index in [9.17, 15) is 41.4 Å². The van der Waals surface area contributed by atoms with Crippen LogP contribution in [0, 0.1) is 20.8 Å². The Kier molecular flexibility index (Phi) is 21.6. The Balaban J connectivity index is 0.000000146. The molecular weight excluding hydrogens is 1430 g/mol. The lowest BCUT2D eigenvalue weighted by molar-refractivity contribution is -0.274. The summed E-state index contributed by atoms with van der Waals surface area (Å²) in [6.07, 6.45) is 12.4. The van der Waals surface area contributed by atoms with Crippen LogP contribution in [0.2, 0.25) is 0 Å². The molecule has 3 amide bonds. The molecule has 0 aliphatic carbocycles. The van der Waals surface area contributed by atoms with E-state index in [0.717, 1.165) is 62.0 Å². The van der Waals surface area contributed by atoms with Gasteiger partial charge in [-0.15, -0.1) is 13.2 Å². The number of anilines is 9. The van der Waals surface area contributed by atoms with E-state index in [0.29, 0.717) is 96.7 Å². The molecule has 0 spiro atoms. The van der Waals surface area contributed by atoms with Crippen LogP contribution in [0.5, 0.6) is 5.75 Å². The second-order valence-electron chi connectivity index (χ2n) is 26.0. The van der Waals surface area contributed by atoms with Crippen molar-refractivity contribution in [1.82, 2.24) is 73.5 Å². The van der Waals surface area contributed by atoms with Crippen LogP contribution < -0.4 is 36.6 Å². The minimum Gasteiger partial charge on any atom is -0.406 e. The van der Waals surface area contributed by atoms with Gasteiger partial charge in [0.15, 0.2) is 17.5 Å². The maximum Gasteiger partial charge on any atom is 0.573 e. The molecule has 31 heteroatoms. The first-order valence-corrected chi connectivity index (χ1v) is 34.1. The second kappa shape index (κ2) is 32.0. The number of benzene rings is 6. The summed E-state index contributed by atoms with van der Waals surface area (Å²) >= 11 is 0. The lowest BCUT2D eigenvalue weighted by Gasteiger charge is -2.18. The number of aryl methyl sites for hydroxylation is 6. The molecule has 0 fully saturated rings. The van der Waals surface area contributed by atoms with Gasteiger partial charge >= 0.3 is 6.36 Å². The molecule has 0 unspecified atom stereocenters. The fourth-order valence-electron chi connectivity index (χ4n) is 11.5. The van der Waals surface area contributed by atoms with Crippen molar-refractivity contribution in [3.63, 3.8) is 0 Å². The molecule has 0 saturated carbocycles. The second-order valence-corrected chi connectivity index (χ2v) is 26.0. The van der Waals surface area contributed by atoms with Gasteiger partial charge in [0.2, 0.25) is 0 Å². The van der Waals surface area contributed by atoms with E-state index in [1.807, 2.05) is 111 Å². The van der Waals surface area contributed by atoms with E-state index >= 15 is 0 Å². The average molecular weight is 1500 g/mol. The van der Waals surface area contributed by atoms with Gasteiger partial charge in [-0.2, -0.15) is 0 Å². The van der Waals surface area contributed by atoms with E-state index in [1.54, 1.807) is 118 Å². The highest BCUT2D eigenvalue weighted by atomic mass is 19.4. The van der Waals surface area contributed by atoms with Gasteiger partial charge < -0.3 is 55.4 Å². The number of aliphatic hydroxyl groups is 1. The highest BCUT2D eigenvalue weighted by Crippen LogP contribution is 2.35. The molecule has 0 bridgehead atoms. The molecule has 0 aliphatic heterocycles. The van der Waals surface area contributed by atoms with Crippen LogP contribution >= 0.6 is 0 Å². The Hall–Kier alpha value is -14.4. The summed E-state index contributed by atoms with van der Waals surface area (Å²) in [5.74, 6) is 1.46. The number of alkyl halides is 5. The highest BCUT2D eigenvalue weighted by Gasteiger charge is 2.31. The van der Waals surface area contributed by atoms with Gasteiger partial charge in [0, 0.05) is 139 Å². The summed E-state index contributed by atoms with van der Waals surface area (Å²) in [6, 6.07) is 39.3. The molecule has 6 aromatic carbocycles. The zero-order valence-corrected chi connectivity index (χ0v) is 60.5. The third kappa shape index (κ3) is 17.9. The molecule has 0 radical (unpaired) electrons. The number of carbonyl (C=O) groups is 3. The number of amides is 3. The first-order valence-electron chi connectivity index (χ1n) is 34.1. The Morgan fingerprint density at radius 2 is 0.775 bits per heavy atom. The third-order valence-corrected chi connectivity index (χ3v) is 17.4. The number of nitrogens with zero attached hydrogens (tertiary/aromatic N) is 15. The summed E-state index contributed by atoms with van der Waals surface area (Å²) in [5.41, 5.74) is 10.6. The molecule has 0 saturated heterocycles. The van der Waals surface area contributed by atoms with E-state index in [2.05, 4.69) is 81.5 Å². The van der Waals surface area contributed by atoms with E-state index in [4.69, 9.17) is 15.0 Å². The van der Waals surface area contributed by atoms with Crippen molar-refractivity contribution < 1.29 is 46.2 Å². The number of ether oxygens (including phenoxy) is 1. The molecule has 15 aromatic rings. The van der Waals surface area contributed by atoms with Crippen molar-refractivity contribution in [3.05, 3.63) is 265 Å². The zero-order valence-electron chi connectivity index (χ0n) is 60.5. The molecule has 111 heavy (non-hydrogen) atoms. The highest BCUT2D eigenvalue weighted by molar-refractivity contribution is 6.07. The number of hydrogen-bond donors (Lipinski definition) is 7. The Morgan fingerprint density at radius 1 is 0.432 bits per heavy atom. The number of hydrogen-bond acceptors (Lipinski definition) is 20. The molecule has 7 N–H and O–H groups in total. The molecule has 9 aromatic heterocycles. The first-order chi connectivity index (χ1) is 53.2. The molecule has 15 rings (SSSR count). The normalized spacial score (nSPS) is 11.3. The Labute approximate surface area is 630 Å². The summed E-state index contributed by atoms with van der Waals surface area (Å²) in [4.78, 5) is 91.4. The van der Waals surface area contributed by atoms with Gasteiger partial charge in [0.05, 0.1) is 38.5 Å². The summed E-state index contributed by atoms with van der Waals surface area (Å²) in [7, 11) is 5.69. The quantitative estimate of drug-likeness (QED) is 0.0392. The largest absolute Gasteiger partial charge is 0.573 e. The average Bonchev–Trinajstić information content (AvgIpc) is 1.75. The van der Waals surface area contributed by atoms with Crippen molar-refractivity contribution in [3.8, 4) is 39.9 Å². The fourth-order valence-corrected chi connectivity index (χ4v) is 11.5. The topological polar surface area (TPSA) is 322 Å². The van der Waals surface area contributed by atoms with Gasteiger partial charge in [-0.1, -0.05) is 48.5 Å². The number of rotatable bonds is 18. The van der Waals surface area contributed by atoms with E-state index < -0.39 is 36.0 Å². The van der Waals surface area contributed by atoms with Crippen molar-refractivity contribution in [2.75, 3.05) is 31.9 Å². The number of halogens is 5.